The van der Waals surface area contributed by atoms with E-state index in [-0.39, 0.29) is 5.90 Å². The molecule has 0 aliphatic carbocycles. The summed E-state index contributed by atoms with van der Waals surface area (Å²) in [5.41, 5.74) is -0.170. The van der Waals surface area contributed by atoms with Crippen LogP contribution in [-0.2, 0) is 19.6 Å². The van der Waals surface area contributed by atoms with Gasteiger partial charge in [0.15, 0.2) is 5.54 Å². The highest BCUT2D eigenvalue weighted by atomic mass is 79.9. The Kier molecular flexibility index (Phi) is 5.01. The molecule has 26 heavy (non-hydrogen) atoms. The lowest BCUT2D eigenvalue weighted by Crippen LogP contribution is -2.46. The van der Waals surface area contributed by atoms with Gasteiger partial charge in [-0.2, -0.15) is 0 Å². The summed E-state index contributed by atoms with van der Waals surface area (Å²) in [5, 5.41) is 0. The summed E-state index contributed by atoms with van der Waals surface area (Å²) in [7, 11) is -3.60. The van der Waals surface area contributed by atoms with E-state index in [0.29, 0.717) is 11.1 Å². The van der Waals surface area contributed by atoms with Crippen LogP contribution in [0, 0.1) is 0 Å². The first-order valence-electron chi connectivity index (χ1n) is 7.79. The van der Waals surface area contributed by atoms with Crippen molar-refractivity contribution < 1.29 is 17.9 Å². The summed E-state index contributed by atoms with van der Waals surface area (Å²) in [6.45, 7) is 1.57. The van der Waals surface area contributed by atoms with E-state index in [1.54, 1.807) is 43.3 Å². The predicted octanol–water partition coefficient (Wildman–Crippen LogP) is 2.80. The van der Waals surface area contributed by atoms with Crippen molar-refractivity contribution in [3.05, 3.63) is 70.2 Å². The fourth-order valence-corrected chi connectivity index (χ4v) is 3.79. The number of rotatable bonds is 5. The molecule has 0 saturated carbocycles. The van der Waals surface area contributed by atoms with E-state index in [4.69, 9.17) is 4.74 Å². The molecule has 1 aliphatic rings. The lowest BCUT2D eigenvalue weighted by atomic mass is 9.88. The monoisotopic (exact) mass is 436 g/mol. The second kappa shape index (κ2) is 6.94. The van der Waals surface area contributed by atoms with Gasteiger partial charge in [-0.3, -0.25) is 0 Å². The molecule has 0 amide bonds. The van der Waals surface area contributed by atoms with Crippen LogP contribution in [0.3, 0.4) is 0 Å². The molecule has 8 heteroatoms. The molecule has 2 atom stereocenters. The minimum absolute atomic E-state index is 0.176. The van der Waals surface area contributed by atoms with Crippen molar-refractivity contribution in [1.82, 2.24) is 4.72 Å². The number of sulfonamides is 1. The van der Waals surface area contributed by atoms with Crippen LogP contribution in [0.2, 0.25) is 0 Å². The number of aliphatic imine (C=N–C) groups is 1. The van der Waals surface area contributed by atoms with Gasteiger partial charge >= 0.3 is 5.97 Å². The van der Waals surface area contributed by atoms with Crippen molar-refractivity contribution in [2.45, 2.75) is 18.5 Å². The molecule has 0 radical (unpaired) electrons. The minimum atomic E-state index is -3.60. The maximum atomic E-state index is 12.7. The van der Waals surface area contributed by atoms with Gasteiger partial charge in [0, 0.05) is 10.0 Å². The van der Waals surface area contributed by atoms with Crippen LogP contribution in [0.15, 0.2) is 64.1 Å². The Morgan fingerprint density at radius 3 is 2.31 bits per heavy atom. The number of nitrogens with one attached hydrogen (secondary N) is 1. The van der Waals surface area contributed by atoms with Gasteiger partial charge in [-0.1, -0.05) is 46.3 Å². The third-order valence-corrected chi connectivity index (χ3v) is 5.25. The van der Waals surface area contributed by atoms with Gasteiger partial charge in [0.25, 0.3) is 0 Å². The highest BCUT2D eigenvalue weighted by molar-refractivity contribution is 9.10. The van der Waals surface area contributed by atoms with Crippen LogP contribution in [0.1, 0.15) is 24.1 Å². The molecule has 0 bridgehead atoms. The Labute approximate surface area is 160 Å². The second-order valence-corrected chi connectivity index (χ2v) is 8.89. The Balaban J connectivity index is 2.08. The minimum Gasteiger partial charge on any atom is -0.405 e. The molecular formula is C18H17BrN2O4S. The van der Waals surface area contributed by atoms with Crippen LogP contribution in [0.25, 0.3) is 0 Å². The molecule has 1 heterocycles. The van der Waals surface area contributed by atoms with E-state index in [2.05, 4.69) is 25.6 Å². The van der Waals surface area contributed by atoms with Crippen LogP contribution >= 0.6 is 15.9 Å². The van der Waals surface area contributed by atoms with Gasteiger partial charge in [-0.15, -0.1) is 0 Å². The van der Waals surface area contributed by atoms with E-state index in [0.717, 1.165) is 10.7 Å². The molecule has 2 aromatic rings. The molecule has 1 N–H and O–H groups in total. The number of carbonyl (C=O) groups is 1. The number of nitrogens with zero attached hydrogens (tertiary/aromatic N) is 1. The van der Waals surface area contributed by atoms with Gasteiger partial charge in [0.1, 0.15) is 0 Å². The number of hydrogen-bond acceptors (Lipinski definition) is 5. The van der Waals surface area contributed by atoms with Crippen molar-refractivity contribution in [2.75, 3.05) is 6.26 Å². The Hall–Kier alpha value is -2.03. The lowest BCUT2D eigenvalue weighted by molar-refractivity contribution is -0.139. The summed E-state index contributed by atoms with van der Waals surface area (Å²) in [6.07, 6.45) is 1.05. The standard InChI is InChI=1S/C18H17BrN2O4S/c1-18(17(22)25-16(20-18)13-6-4-3-5-7-13)15(21-26(2,23)24)12-8-10-14(19)11-9-12/h3-11,15,21H,1-2H3/t15-,18-/m1/s1. The maximum Gasteiger partial charge on any atom is 0.342 e. The van der Waals surface area contributed by atoms with E-state index in [9.17, 15) is 13.2 Å². The van der Waals surface area contributed by atoms with Gasteiger partial charge in [-0.05, 0) is 36.8 Å². The molecule has 0 aromatic heterocycles. The number of hydrogen-bond donors (Lipinski definition) is 1. The molecule has 3 rings (SSSR count). The average Bonchev–Trinajstić information content (AvgIpc) is 2.90. The first-order chi connectivity index (χ1) is 12.2. The number of cyclic esters (lactones) is 1. The largest absolute Gasteiger partial charge is 0.405 e. The fraction of sp³-hybridized carbons (Fsp3) is 0.222. The number of carbonyl (C=O) groups excluding carboxylic acids is 1. The van der Waals surface area contributed by atoms with Crippen molar-refractivity contribution in [2.24, 2.45) is 4.99 Å². The summed E-state index contributed by atoms with van der Waals surface area (Å²) < 4.78 is 32.6. The van der Waals surface area contributed by atoms with Crippen LogP contribution in [0.5, 0.6) is 0 Å². The zero-order valence-corrected chi connectivity index (χ0v) is 16.5. The Morgan fingerprint density at radius 2 is 1.73 bits per heavy atom. The average molecular weight is 437 g/mol. The normalized spacial score (nSPS) is 21.2. The molecule has 0 fully saturated rings. The lowest BCUT2D eigenvalue weighted by Gasteiger charge is -2.28. The highest BCUT2D eigenvalue weighted by Crippen LogP contribution is 2.36. The third kappa shape index (κ3) is 3.87. The maximum absolute atomic E-state index is 12.7. The SMILES string of the molecule is C[C@]1([C@H](NS(C)(=O)=O)c2ccc(Br)cc2)N=C(c2ccccc2)OC1=O. The number of ether oxygens (including phenoxy) is 1. The van der Waals surface area contributed by atoms with Crippen molar-refractivity contribution >= 4 is 37.8 Å². The Morgan fingerprint density at radius 1 is 1.12 bits per heavy atom. The zero-order chi connectivity index (χ0) is 18.9. The van der Waals surface area contributed by atoms with Crippen molar-refractivity contribution in [3.8, 4) is 0 Å². The number of esters is 1. The van der Waals surface area contributed by atoms with Gasteiger partial charge in [-0.25, -0.2) is 22.9 Å². The summed E-state index contributed by atoms with van der Waals surface area (Å²) >= 11 is 3.35. The fourth-order valence-electron chi connectivity index (χ4n) is 2.73. The molecule has 136 valence electrons. The van der Waals surface area contributed by atoms with E-state index >= 15 is 0 Å². The molecular weight excluding hydrogens is 420 g/mol. The summed E-state index contributed by atoms with van der Waals surface area (Å²) in [5.74, 6) is -0.434. The molecule has 0 saturated heterocycles. The predicted molar refractivity (Wildman–Crippen MR) is 102 cm³/mol. The van der Waals surface area contributed by atoms with Crippen LogP contribution in [0.4, 0.5) is 0 Å². The first kappa shape index (κ1) is 18.8. The van der Waals surface area contributed by atoms with E-state index < -0.39 is 27.6 Å². The topological polar surface area (TPSA) is 84.8 Å². The van der Waals surface area contributed by atoms with Crippen LogP contribution < -0.4 is 4.72 Å². The molecule has 6 nitrogen and oxygen atoms in total. The van der Waals surface area contributed by atoms with E-state index in [1.165, 1.54) is 0 Å². The Bertz CT molecular complexity index is 958. The molecule has 1 aliphatic heterocycles. The zero-order valence-electron chi connectivity index (χ0n) is 14.1. The summed E-state index contributed by atoms with van der Waals surface area (Å²) in [6, 6.07) is 15.1. The summed E-state index contributed by atoms with van der Waals surface area (Å²) in [4.78, 5) is 17.1. The third-order valence-electron chi connectivity index (χ3n) is 4.05. The molecule has 2 aromatic carbocycles. The molecule has 0 spiro atoms. The van der Waals surface area contributed by atoms with Gasteiger partial charge in [0.05, 0.1) is 12.3 Å². The molecule has 0 unspecified atom stereocenters. The van der Waals surface area contributed by atoms with Gasteiger partial charge in [0.2, 0.25) is 15.9 Å². The van der Waals surface area contributed by atoms with Crippen molar-refractivity contribution in [1.29, 1.82) is 0 Å². The number of benzene rings is 2. The van der Waals surface area contributed by atoms with Crippen LogP contribution in [-0.4, -0.2) is 32.1 Å². The quantitative estimate of drug-likeness (QED) is 0.730. The van der Waals surface area contributed by atoms with Gasteiger partial charge < -0.3 is 4.74 Å². The smallest absolute Gasteiger partial charge is 0.342 e. The second-order valence-electron chi connectivity index (χ2n) is 6.19. The number of halogens is 1. The van der Waals surface area contributed by atoms with Crippen molar-refractivity contribution in [3.63, 3.8) is 0 Å². The highest BCUT2D eigenvalue weighted by Gasteiger charge is 2.50. The first-order valence-corrected chi connectivity index (χ1v) is 10.5. The van der Waals surface area contributed by atoms with E-state index in [1.807, 2.05) is 18.2 Å².